The van der Waals surface area contributed by atoms with Crippen molar-refractivity contribution in [1.82, 2.24) is 0 Å². The lowest BCUT2D eigenvalue weighted by molar-refractivity contribution is -0.209. The number of oxime groups is 1. The summed E-state index contributed by atoms with van der Waals surface area (Å²) in [5.74, 6) is 2.15. The zero-order valence-electron chi connectivity index (χ0n) is 19.2. The molecule has 4 N–H and O–H groups in total. The summed E-state index contributed by atoms with van der Waals surface area (Å²) in [6, 6.07) is 0. The Morgan fingerprint density at radius 1 is 1.03 bits per heavy atom. The fourth-order valence-electron chi connectivity index (χ4n) is 8.28. The quantitative estimate of drug-likeness (QED) is 0.326. The number of nitrogens with two attached hydrogens (primary N) is 1. The molecule has 172 valence electrons. The van der Waals surface area contributed by atoms with Gasteiger partial charge in [-0.15, -0.1) is 0 Å². The van der Waals surface area contributed by atoms with E-state index in [0.29, 0.717) is 42.2 Å². The topological polar surface area (TPSA) is 88.1 Å². The molecular formula is C25H44N2O3. The lowest BCUT2D eigenvalue weighted by Crippen LogP contribution is -2.62. The highest BCUT2D eigenvalue weighted by Gasteiger charge is 2.66. The summed E-state index contributed by atoms with van der Waals surface area (Å²) in [6.07, 6.45) is 14.4. The van der Waals surface area contributed by atoms with Gasteiger partial charge in [-0.25, -0.2) is 0 Å². The smallest absolute Gasteiger partial charge is 0.117 e. The van der Waals surface area contributed by atoms with Gasteiger partial charge in [-0.05, 0) is 118 Å². The van der Waals surface area contributed by atoms with Crippen molar-refractivity contribution in [2.24, 2.45) is 45.4 Å². The monoisotopic (exact) mass is 420 g/mol. The maximum Gasteiger partial charge on any atom is 0.117 e. The molecule has 4 fully saturated rings. The Labute approximate surface area is 182 Å². The van der Waals surface area contributed by atoms with Crippen LogP contribution in [0.5, 0.6) is 0 Å². The fourth-order valence-corrected chi connectivity index (χ4v) is 8.28. The minimum Gasteiger partial charge on any atom is -0.396 e. The molecule has 2 unspecified atom stereocenters. The van der Waals surface area contributed by atoms with E-state index in [1.54, 1.807) is 0 Å². The van der Waals surface area contributed by atoms with Crippen molar-refractivity contribution in [3.63, 3.8) is 0 Å². The van der Waals surface area contributed by atoms with Crippen LogP contribution in [0.2, 0.25) is 0 Å². The van der Waals surface area contributed by atoms with Crippen LogP contribution in [0, 0.1) is 34.5 Å². The van der Waals surface area contributed by atoms with Crippen LogP contribution in [0.15, 0.2) is 5.16 Å². The summed E-state index contributed by atoms with van der Waals surface area (Å²) in [6.45, 7) is 6.18. The van der Waals surface area contributed by atoms with Crippen LogP contribution in [-0.4, -0.2) is 41.3 Å². The van der Waals surface area contributed by atoms with E-state index in [4.69, 9.17) is 10.6 Å². The van der Waals surface area contributed by atoms with Crippen LogP contribution in [0.4, 0.5) is 0 Å². The molecule has 4 aliphatic carbocycles. The molecule has 0 spiro atoms. The molecule has 0 heterocycles. The van der Waals surface area contributed by atoms with Crippen molar-refractivity contribution in [3.05, 3.63) is 0 Å². The molecule has 5 heteroatoms. The van der Waals surface area contributed by atoms with E-state index in [0.717, 1.165) is 64.2 Å². The third-order valence-electron chi connectivity index (χ3n) is 10.2. The summed E-state index contributed by atoms with van der Waals surface area (Å²) in [7, 11) is 0. The number of fused-ring (bicyclic) bond motifs is 5. The third kappa shape index (κ3) is 3.63. The normalized spacial score (nSPS) is 48.2. The second-order valence-corrected chi connectivity index (χ2v) is 11.4. The third-order valence-corrected chi connectivity index (χ3v) is 10.2. The molecule has 0 aromatic heterocycles. The van der Waals surface area contributed by atoms with Crippen molar-refractivity contribution >= 4 is 6.21 Å². The molecule has 0 amide bonds. The van der Waals surface area contributed by atoms with Crippen LogP contribution in [0.3, 0.4) is 0 Å². The van der Waals surface area contributed by atoms with E-state index < -0.39 is 5.60 Å². The maximum absolute atomic E-state index is 12.2. The summed E-state index contributed by atoms with van der Waals surface area (Å²) in [5, 5.41) is 26.6. The number of nitrogens with zero attached hydrogens (tertiary/aromatic N) is 1. The number of aliphatic hydroxyl groups is 2. The second-order valence-electron chi connectivity index (χ2n) is 11.4. The highest BCUT2D eigenvalue weighted by molar-refractivity contribution is 5.57. The Hall–Kier alpha value is -0.650. The van der Waals surface area contributed by atoms with E-state index in [1.165, 1.54) is 12.8 Å². The Morgan fingerprint density at radius 2 is 1.87 bits per heavy atom. The van der Waals surface area contributed by atoms with Gasteiger partial charge in [-0.2, -0.15) is 0 Å². The molecule has 8 atom stereocenters. The van der Waals surface area contributed by atoms with Crippen LogP contribution in [0.1, 0.15) is 90.9 Å². The van der Waals surface area contributed by atoms with Crippen LogP contribution in [0.25, 0.3) is 0 Å². The van der Waals surface area contributed by atoms with Crippen LogP contribution >= 0.6 is 0 Å². The number of unbranched alkanes of at least 4 members (excludes halogenated alkanes) is 1. The predicted molar refractivity (Wildman–Crippen MR) is 120 cm³/mol. The predicted octanol–water partition coefficient (Wildman–Crippen LogP) is 4.25. The van der Waals surface area contributed by atoms with Crippen LogP contribution < -0.4 is 5.73 Å². The Balaban J connectivity index is 1.42. The van der Waals surface area contributed by atoms with E-state index in [2.05, 4.69) is 19.0 Å². The van der Waals surface area contributed by atoms with Gasteiger partial charge >= 0.3 is 0 Å². The van der Waals surface area contributed by atoms with Gasteiger partial charge in [0.25, 0.3) is 0 Å². The van der Waals surface area contributed by atoms with Crippen LogP contribution in [-0.2, 0) is 4.84 Å². The zero-order valence-corrected chi connectivity index (χ0v) is 19.2. The maximum atomic E-state index is 12.2. The molecular weight excluding hydrogens is 376 g/mol. The lowest BCUT2D eigenvalue weighted by atomic mass is 9.43. The molecule has 0 aromatic carbocycles. The standard InChI is InChI=1S/C25H44N2O3/c1-23-11-8-20(28)17-19(23)5-6-22-21(23)9-12-24(2)18(7-13-25(22,24)29)10-15-27-30-16-4-3-14-26/h15,18-22,28-29H,3-14,16-17,26H2,1-2H3/b27-15+/t18-,19+,20-,21?,22?,23-,24+,25-/m0/s1. The minimum absolute atomic E-state index is 0.0168. The SMILES string of the molecule is C[C@]12CC[C@H](O)C[C@H]1CCC1C2CC[C@]2(C)[C@H](C/C=N/OCCCCN)CC[C@]12O. The fraction of sp³-hybridized carbons (Fsp3) is 0.960. The minimum atomic E-state index is -0.541. The Bertz CT molecular complexity index is 628. The van der Waals surface area contributed by atoms with E-state index in [1.807, 2.05) is 6.21 Å². The summed E-state index contributed by atoms with van der Waals surface area (Å²) in [4.78, 5) is 5.39. The van der Waals surface area contributed by atoms with Gasteiger partial charge < -0.3 is 20.8 Å². The lowest BCUT2D eigenvalue weighted by Gasteiger charge is -2.63. The molecule has 4 rings (SSSR count). The molecule has 0 saturated heterocycles. The first-order chi connectivity index (χ1) is 14.3. The summed E-state index contributed by atoms with van der Waals surface area (Å²) in [5.41, 5.74) is 5.25. The highest BCUT2D eigenvalue weighted by atomic mass is 16.6. The second kappa shape index (κ2) is 8.71. The van der Waals surface area contributed by atoms with Gasteiger partial charge in [0.1, 0.15) is 6.61 Å². The average Bonchev–Trinajstić information content (AvgIpc) is 2.99. The molecule has 30 heavy (non-hydrogen) atoms. The largest absolute Gasteiger partial charge is 0.396 e. The first-order valence-electron chi connectivity index (χ1n) is 12.6. The number of aliphatic hydroxyl groups excluding tert-OH is 1. The molecule has 0 bridgehead atoms. The highest BCUT2D eigenvalue weighted by Crippen LogP contribution is 2.69. The number of hydrogen-bond acceptors (Lipinski definition) is 5. The van der Waals surface area contributed by atoms with Gasteiger partial charge in [-0.3, -0.25) is 0 Å². The van der Waals surface area contributed by atoms with E-state index >= 15 is 0 Å². The first kappa shape index (κ1) is 22.5. The van der Waals surface area contributed by atoms with Gasteiger partial charge in [0, 0.05) is 6.21 Å². The van der Waals surface area contributed by atoms with Crippen molar-refractivity contribution < 1.29 is 15.1 Å². The van der Waals surface area contributed by atoms with Gasteiger partial charge in [-0.1, -0.05) is 19.0 Å². The van der Waals surface area contributed by atoms with Gasteiger partial charge in [0.2, 0.25) is 0 Å². The summed E-state index contributed by atoms with van der Waals surface area (Å²) < 4.78 is 0. The van der Waals surface area contributed by atoms with Crippen molar-refractivity contribution in [3.8, 4) is 0 Å². The zero-order chi connectivity index (χ0) is 21.4. The first-order valence-corrected chi connectivity index (χ1v) is 12.6. The molecule has 0 aliphatic heterocycles. The number of hydrogen-bond donors (Lipinski definition) is 3. The van der Waals surface area contributed by atoms with E-state index in [9.17, 15) is 10.2 Å². The summed E-state index contributed by atoms with van der Waals surface area (Å²) >= 11 is 0. The van der Waals surface area contributed by atoms with Crippen molar-refractivity contribution in [2.45, 2.75) is 103 Å². The Kier molecular flexibility index (Phi) is 6.54. The number of rotatable bonds is 7. The average molecular weight is 421 g/mol. The van der Waals surface area contributed by atoms with Gasteiger partial charge in [0.05, 0.1) is 11.7 Å². The molecule has 5 nitrogen and oxygen atoms in total. The molecule has 4 aliphatic rings. The van der Waals surface area contributed by atoms with Crippen molar-refractivity contribution in [2.75, 3.05) is 13.2 Å². The molecule has 0 aromatic rings. The van der Waals surface area contributed by atoms with Crippen molar-refractivity contribution in [1.29, 1.82) is 0 Å². The molecule has 4 saturated carbocycles. The van der Waals surface area contributed by atoms with E-state index in [-0.39, 0.29) is 11.5 Å². The van der Waals surface area contributed by atoms with Gasteiger partial charge in [0.15, 0.2) is 0 Å². The molecule has 0 radical (unpaired) electrons. The Morgan fingerprint density at radius 3 is 2.67 bits per heavy atom.